The van der Waals surface area contributed by atoms with Gasteiger partial charge in [0.25, 0.3) is 5.91 Å². The predicted octanol–water partition coefficient (Wildman–Crippen LogP) is 3.56. The van der Waals surface area contributed by atoms with E-state index >= 15 is 0 Å². The second kappa shape index (κ2) is 7.60. The normalized spacial score (nSPS) is 17.0. The molecule has 2 aromatic carbocycles. The van der Waals surface area contributed by atoms with Crippen LogP contribution in [-0.2, 0) is 10.0 Å². The third-order valence-corrected chi connectivity index (χ3v) is 7.64. The van der Waals surface area contributed by atoms with E-state index < -0.39 is 10.0 Å². The highest BCUT2D eigenvalue weighted by molar-refractivity contribution is 7.99. The van der Waals surface area contributed by atoms with Gasteiger partial charge in [-0.05, 0) is 36.2 Å². The summed E-state index contributed by atoms with van der Waals surface area (Å²) in [4.78, 5) is 13.8. The molecule has 1 amide bonds. The largest absolute Gasteiger partial charge is 0.345 e. The predicted molar refractivity (Wildman–Crippen MR) is 104 cm³/mol. The number of thioether (sulfide) groups is 1. The van der Waals surface area contributed by atoms with Crippen LogP contribution in [0.2, 0.25) is 5.02 Å². The van der Waals surface area contributed by atoms with E-state index in [4.69, 9.17) is 11.6 Å². The molecule has 0 saturated carbocycles. The molecule has 0 fully saturated rings. The van der Waals surface area contributed by atoms with Crippen molar-refractivity contribution in [2.24, 2.45) is 0 Å². The van der Waals surface area contributed by atoms with Crippen LogP contribution in [0.1, 0.15) is 28.4 Å². The number of hydrogen-bond donors (Lipinski definition) is 1. The molecule has 0 bridgehead atoms. The summed E-state index contributed by atoms with van der Waals surface area (Å²) >= 11 is 7.82. The highest BCUT2D eigenvalue weighted by Crippen LogP contribution is 2.36. The number of fused-ring (bicyclic) bond motifs is 1. The highest BCUT2D eigenvalue weighted by atomic mass is 35.5. The average Bonchev–Trinajstić information content (AvgIpc) is 2.62. The first-order valence-corrected chi connectivity index (χ1v) is 10.9. The molecule has 0 aromatic heterocycles. The molecule has 0 radical (unpaired) electrons. The SMILES string of the molecule is CN(C)S(=O)(=O)c1cc(C(=O)N[C@H]2CCSc3ccccc32)ccc1Cl. The number of halogens is 1. The van der Waals surface area contributed by atoms with E-state index in [1.807, 2.05) is 24.3 Å². The number of benzene rings is 2. The number of sulfonamides is 1. The summed E-state index contributed by atoms with van der Waals surface area (Å²) in [7, 11) is -0.876. The summed E-state index contributed by atoms with van der Waals surface area (Å²) in [5, 5.41) is 3.11. The van der Waals surface area contributed by atoms with E-state index in [0.717, 1.165) is 26.9 Å². The van der Waals surface area contributed by atoms with Crippen LogP contribution in [0, 0.1) is 0 Å². The van der Waals surface area contributed by atoms with E-state index in [-0.39, 0.29) is 27.4 Å². The fourth-order valence-corrected chi connectivity index (χ4v) is 5.29. The summed E-state index contributed by atoms with van der Waals surface area (Å²) in [6.45, 7) is 0. The van der Waals surface area contributed by atoms with Gasteiger partial charge in [0.2, 0.25) is 10.0 Å². The van der Waals surface area contributed by atoms with Crippen molar-refractivity contribution in [2.75, 3.05) is 19.8 Å². The molecule has 3 rings (SSSR count). The lowest BCUT2D eigenvalue weighted by Crippen LogP contribution is -2.31. The van der Waals surface area contributed by atoms with E-state index in [9.17, 15) is 13.2 Å². The van der Waals surface area contributed by atoms with Crippen LogP contribution in [0.25, 0.3) is 0 Å². The van der Waals surface area contributed by atoms with Gasteiger partial charge in [-0.15, -0.1) is 11.8 Å². The Morgan fingerprint density at radius 2 is 1.96 bits per heavy atom. The molecule has 26 heavy (non-hydrogen) atoms. The molecule has 5 nitrogen and oxygen atoms in total. The van der Waals surface area contributed by atoms with Gasteiger partial charge in [-0.25, -0.2) is 12.7 Å². The maximum atomic E-state index is 12.7. The number of amides is 1. The van der Waals surface area contributed by atoms with Gasteiger partial charge in [-0.3, -0.25) is 4.79 Å². The quantitative estimate of drug-likeness (QED) is 0.836. The number of carbonyl (C=O) groups is 1. The smallest absolute Gasteiger partial charge is 0.251 e. The molecule has 1 heterocycles. The molecular formula is C18H19ClN2O3S2. The zero-order valence-corrected chi connectivity index (χ0v) is 16.8. The molecule has 2 aromatic rings. The van der Waals surface area contributed by atoms with E-state index in [1.54, 1.807) is 11.8 Å². The molecule has 8 heteroatoms. The molecule has 0 unspecified atom stereocenters. The van der Waals surface area contributed by atoms with Crippen molar-refractivity contribution in [3.8, 4) is 0 Å². The summed E-state index contributed by atoms with van der Waals surface area (Å²) in [5.41, 5.74) is 1.36. The van der Waals surface area contributed by atoms with Gasteiger partial charge in [0.15, 0.2) is 0 Å². The number of rotatable bonds is 4. The van der Waals surface area contributed by atoms with Gasteiger partial charge in [-0.1, -0.05) is 29.8 Å². The third-order valence-electron chi connectivity index (χ3n) is 4.22. The van der Waals surface area contributed by atoms with Crippen molar-refractivity contribution < 1.29 is 13.2 Å². The van der Waals surface area contributed by atoms with E-state index in [0.29, 0.717) is 0 Å². The van der Waals surface area contributed by atoms with Gasteiger partial charge in [0.1, 0.15) is 4.90 Å². The summed E-state index contributed by atoms with van der Waals surface area (Å²) < 4.78 is 25.9. The van der Waals surface area contributed by atoms with Crippen molar-refractivity contribution in [3.63, 3.8) is 0 Å². The number of carbonyl (C=O) groups excluding carboxylic acids is 1. The van der Waals surface area contributed by atoms with Crippen molar-refractivity contribution in [1.82, 2.24) is 9.62 Å². The first-order valence-electron chi connectivity index (χ1n) is 8.05. The molecular weight excluding hydrogens is 392 g/mol. The van der Waals surface area contributed by atoms with Crippen molar-refractivity contribution in [3.05, 3.63) is 58.6 Å². The molecule has 1 atom stereocenters. The van der Waals surface area contributed by atoms with Crippen molar-refractivity contribution in [2.45, 2.75) is 22.3 Å². The minimum Gasteiger partial charge on any atom is -0.345 e. The maximum absolute atomic E-state index is 12.7. The van der Waals surface area contributed by atoms with Crippen LogP contribution in [0.4, 0.5) is 0 Å². The molecule has 0 aliphatic carbocycles. The van der Waals surface area contributed by atoms with E-state index in [2.05, 4.69) is 5.32 Å². The first-order chi connectivity index (χ1) is 12.3. The average molecular weight is 411 g/mol. The third kappa shape index (κ3) is 3.76. The Labute approximate surface area is 162 Å². The van der Waals surface area contributed by atoms with Crippen LogP contribution < -0.4 is 5.32 Å². The van der Waals surface area contributed by atoms with Gasteiger partial charge < -0.3 is 5.32 Å². The topological polar surface area (TPSA) is 66.5 Å². The monoisotopic (exact) mass is 410 g/mol. The minimum atomic E-state index is -3.73. The Bertz CT molecular complexity index is 945. The lowest BCUT2D eigenvalue weighted by Gasteiger charge is -2.26. The Hall–Kier alpha value is -1.54. The zero-order chi connectivity index (χ0) is 18.9. The van der Waals surface area contributed by atoms with Crippen LogP contribution >= 0.6 is 23.4 Å². The fraction of sp³-hybridized carbons (Fsp3) is 0.278. The van der Waals surface area contributed by atoms with E-state index in [1.165, 1.54) is 32.3 Å². The molecule has 138 valence electrons. The number of hydrogen-bond acceptors (Lipinski definition) is 4. The van der Waals surface area contributed by atoms with Crippen LogP contribution in [0.5, 0.6) is 0 Å². The van der Waals surface area contributed by atoms with Crippen LogP contribution in [0.15, 0.2) is 52.3 Å². The van der Waals surface area contributed by atoms with Gasteiger partial charge in [0.05, 0.1) is 11.1 Å². The van der Waals surface area contributed by atoms with Crippen LogP contribution in [0.3, 0.4) is 0 Å². The second-order valence-corrected chi connectivity index (χ2v) is 9.80. The Morgan fingerprint density at radius 1 is 1.23 bits per heavy atom. The van der Waals surface area contributed by atoms with Gasteiger partial charge in [-0.2, -0.15) is 0 Å². The Balaban J connectivity index is 1.88. The summed E-state index contributed by atoms with van der Waals surface area (Å²) in [6, 6.07) is 12.2. The van der Waals surface area contributed by atoms with Gasteiger partial charge >= 0.3 is 0 Å². The standard InChI is InChI=1S/C18H19ClN2O3S2/c1-21(2)26(23,24)17-11-12(7-8-14(17)19)18(22)20-15-9-10-25-16-6-4-3-5-13(15)16/h3-8,11,15H,9-10H2,1-2H3,(H,20,22)/t15-/m0/s1. The Kier molecular flexibility index (Phi) is 5.62. The molecule has 0 saturated heterocycles. The number of nitrogens with one attached hydrogen (secondary N) is 1. The second-order valence-electron chi connectivity index (χ2n) is 6.13. The zero-order valence-electron chi connectivity index (χ0n) is 14.4. The number of nitrogens with zero attached hydrogens (tertiary/aromatic N) is 1. The van der Waals surface area contributed by atoms with Crippen molar-refractivity contribution >= 4 is 39.3 Å². The summed E-state index contributed by atoms with van der Waals surface area (Å²) in [5.74, 6) is 0.603. The molecule has 1 aliphatic rings. The molecule has 0 spiro atoms. The lowest BCUT2D eigenvalue weighted by molar-refractivity contribution is 0.0934. The highest BCUT2D eigenvalue weighted by Gasteiger charge is 2.25. The summed E-state index contributed by atoms with van der Waals surface area (Å²) in [6.07, 6.45) is 0.823. The maximum Gasteiger partial charge on any atom is 0.251 e. The molecule has 1 aliphatic heterocycles. The Morgan fingerprint density at radius 3 is 2.69 bits per heavy atom. The molecule has 1 N–H and O–H groups in total. The lowest BCUT2D eigenvalue weighted by atomic mass is 10.0. The van der Waals surface area contributed by atoms with Crippen molar-refractivity contribution in [1.29, 1.82) is 0 Å². The first kappa shape index (κ1) is 19.2. The van der Waals surface area contributed by atoms with Crippen LogP contribution in [-0.4, -0.2) is 38.5 Å². The fourth-order valence-electron chi connectivity index (χ4n) is 2.77. The minimum absolute atomic E-state index is 0.0728. The van der Waals surface area contributed by atoms with Gasteiger partial charge in [0, 0.05) is 30.3 Å².